The van der Waals surface area contributed by atoms with E-state index in [1.165, 1.54) is 56.1 Å². The van der Waals surface area contributed by atoms with Crippen molar-refractivity contribution in [3.8, 4) is 0 Å². The molecular weight excluding hydrogens is 280 g/mol. The molecule has 0 bridgehead atoms. The van der Waals surface area contributed by atoms with Crippen LogP contribution in [0.1, 0.15) is 56.1 Å². The van der Waals surface area contributed by atoms with Crippen molar-refractivity contribution < 1.29 is 9.13 Å². The lowest BCUT2D eigenvalue weighted by Gasteiger charge is -2.01. The summed E-state index contributed by atoms with van der Waals surface area (Å²) in [4.78, 5) is 0. The van der Waals surface area contributed by atoms with Crippen molar-refractivity contribution >= 4 is 0 Å². The molecule has 0 aromatic carbocycles. The highest BCUT2D eigenvalue weighted by molar-refractivity contribution is 5.03. The zero-order valence-corrected chi connectivity index (χ0v) is 14.9. The van der Waals surface area contributed by atoms with Crippen LogP contribution >= 0.6 is 0 Å². The average Bonchev–Trinajstić information content (AvgIpc) is 2.56. The first kappa shape index (κ1) is 17.7. The molecule has 0 N–H and O–H groups in total. The SMILES string of the molecule is Cc1cc[n+](CCCCCCCCC[n+]2ccc(C)cc2)cc1. The van der Waals surface area contributed by atoms with Gasteiger partial charge < -0.3 is 0 Å². The van der Waals surface area contributed by atoms with Crippen LogP contribution in [0.5, 0.6) is 0 Å². The second kappa shape index (κ2) is 10.1. The zero-order valence-electron chi connectivity index (χ0n) is 14.9. The van der Waals surface area contributed by atoms with Crippen molar-refractivity contribution in [1.29, 1.82) is 0 Å². The van der Waals surface area contributed by atoms with Crippen molar-refractivity contribution in [3.63, 3.8) is 0 Å². The Bertz CT molecular complexity index is 492. The van der Waals surface area contributed by atoms with E-state index < -0.39 is 0 Å². The third-order valence-corrected chi connectivity index (χ3v) is 4.45. The molecule has 124 valence electrons. The Kier molecular flexibility index (Phi) is 7.79. The largest absolute Gasteiger partial charge is 0.205 e. The molecule has 2 heterocycles. The lowest BCUT2D eigenvalue weighted by molar-refractivity contribution is -0.697. The molecule has 0 saturated heterocycles. The van der Waals surface area contributed by atoms with Gasteiger partial charge in [0.05, 0.1) is 0 Å². The predicted octanol–water partition coefficient (Wildman–Crippen LogP) is 4.31. The summed E-state index contributed by atoms with van der Waals surface area (Å²) < 4.78 is 4.59. The van der Waals surface area contributed by atoms with Crippen LogP contribution in [-0.4, -0.2) is 0 Å². The summed E-state index contributed by atoms with van der Waals surface area (Å²) in [5.74, 6) is 0. The highest BCUT2D eigenvalue weighted by Crippen LogP contribution is 2.07. The van der Waals surface area contributed by atoms with Gasteiger partial charge in [-0.15, -0.1) is 0 Å². The van der Waals surface area contributed by atoms with Gasteiger partial charge in [-0.3, -0.25) is 0 Å². The summed E-state index contributed by atoms with van der Waals surface area (Å²) >= 11 is 0. The van der Waals surface area contributed by atoms with E-state index in [9.17, 15) is 0 Å². The van der Waals surface area contributed by atoms with Crippen molar-refractivity contribution in [1.82, 2.24) is 0 Å². The van der Waals surface area contributed by atoms with Crippen LogP contribution in [0.15, 0.2) is 49.1 Å². The molecule has 0 fully saturated rings. The summed E-state index contributed by atoms with van der Waals surface area (Å²) in [6, 6.07) is 8.75. The monoisotopic (exact) mass is 312 g/mol. The summed E-state index contributed by atoms with van der Waals surface area (Å²) in [6.07, 6.45) is 18.2. The molecule has 2 heteroatoms. The molecular formula is C21H32N2+2. The Balaban J connectivity index is 1.43. The van der Waals surface area contributed by atoms with E-state index in [-0.39, 0.29) is 0 Å². The van der Waals surface area contributed by atoms with Gasteiger partial charge in [0.2, 0.25) is 0 Å². The highest BCUT2D eigenvalue weighted by atomic mass is 14.9. The number of hydrogen-bond acceptors (Lipinski definition) is 0. The normalized spacial score (nSPS) is 10.9. The molecule has 2 rings (SSSR count). The minimum absolute atomic E-state index is 1.16. The molecule has 0 aliphatic heterocycles. The maximum Gasteiger partial charge on any atom is 0.169 e. The molecule has 0 radical (unpaired) electrons. The predicted molar refractivity (Wildman–Crippen MR) is 95.1 cm³/mol. The van der Waals surface area contributed by atoms with Gasteiger partial charge in [0, 0.05) is 37.1 Å². The Hall–Kier alpha value is -1.70. The fourth-order valence-electron chi connectivity index (χ4n) is 2.83. The average molecular weight is 313 g/mol. The van der Waals surface area contributed by atoms with Crippen LogP contribution < -0.4 is 9.13 Å². The summed E-state index contributed by atoms with van der Waals surface area (Å²) in [5, 5.41) is 0. The molecule has 0 amide bonds. The van der Waals surface area contributed by atoms with Crippen molar-refractivity contribution in [3.05, 3.63) is 60.2 Å². The third-order valence-electron chi connectivity index (χ3n) is 4.45. The summed E-state index contributed by atoms with van der Waals surface area (Å²) in [5.41, 5.74) is 2.68. The van der Waals surface area contributed by atoms with Crippen LogP contribution in [0, 0.1) is 13.8 Å². The van der Waals surface area contributed by atoms with Crippen molar-refractivity contribution in [2.24, 2.45) is 0 Å². The van der Waals surface area contributed by atoms with Gasteiger partial charge in [0.25, 0.3) is 0 Å². The van der Waals surface area contributed by atoms with Crippen molar-refractivity contribution in [2.45, 2.75) is 71.9 Å². The maximum atomic E-state index is 2.30. The molecule has 2 nitrogen and oxygen atoms in total. The smallest absolute Gasteiger partial charge is 0.169 e. The molecule has 2 aromatic rings. The summed E-state index contributed by atoms with van der Waals surface area (Å²) in [6.45, 7) is 6.60. The van der Waals surface area contributed by atoms with E-state index in [4.69, 9.17) is 0 Å². The van der Waals surface area contributed by atoms with Crippen LogP contribution in [0.2, 0.25) is 0 Å². The van der Waals surface area contributed by atoms with Gasteiger partial charge in [-0.05, 0) is 37.8 Å². The fourth-order valence-corrected chi connectivity index (χ4v) is 2.83. The first-order chi connectivity index (χ1) is 11.2. The number of unbranched alkanes of at least 4 members (excludes halogenated alkanes) is 6. The van der Waals surface area contributed by atoms with Crippen LogP contribution in [-0.2, 0) is 13.1 Å². The van der Waals surface area contributed by atoms with Crippen LogP contribution in [0.4, 0.5) is 0 Å². The van der Waals surface area contributed by atoms with Gasteiger partial charge in [-0.2, -0.15) is 0 Å². The number of hydrogen-bond donors (Lipinski definition) is 0. The topological polar surface area (TPSA) is 7.76 Å². The first-order valence-electron chi connectivity index (χ1n) is 9.15. The Morgan fingerprint density at radius 1 is 0.522 bits per heavy atom. The third kappa shape index (κ3) is 7.40. The number of aryl methyl sites for hydroxylation is 4. The second-order valence-corrected chi connectivity index (χ2v) is 6.70. The maximum absolute atomic E-state index is 2.30. The fraction of sp³-hybridized carbons (Fsp3) is 0.524. The quantitative estimate of drug-likeness (QED) is 0.456. The molecule has 0 unspecified atom stereocenters. The van der Waals surface area contributed by atoms with Gasteiger partial charge in [-0.1, -0.05) is 19.3 Å². The van der Waals surface area contributed by atoms with Gasteiger partial charge in [0.15, 0.2) is 24.8 Å². The van der Waals surface area contributed by atoms with E-state index in [2.05, 4.69) is 72.0 Å². The van der Waals surface area contributed by atoms with E-state index in [0.717, 1.165) is 13.1 Å². The first-order valence-corrected chi connectivity index (χ1v) is 9.15. The molecule has 0 aliphatic rings. The van der Waals surface area contributed by atoms with E-state index in [1.807, 2.05) is 0 Å². The standard InChI is InChI=1S/C21H32N2/c1-20-10-16-22(17-11-20)14-8-6-4-3-5-7-9-15-23-18-12-21(2)13-19-23/h10-13,16-19H,3-9,14-15H2,1-2H3/q+2. The Labute approximate surface area is 141 Å². The summed E-state index contributed by atoms with van der Waals surface area (Å²) in [7, 11) is 0. The lowest BCUT2D eigenvalue weighted by atomic mass is 10.1. The number of pyridine rings is 2. The Morgan fingerprint density at radius 2 is 0.826 bits per heavy atom. The van der Waals surface area contributed by atoms with Crippen LogP contribution in [0.3, 0.4) is 0 Å². The molecule has 0 atom stereocenters. The second-order valence-electron chi connectivity index (χ2n) is 6.70. The van der Waals surface area contributed by atoms with Crippen LogP contribution in [0.25, 0.3) is 0 Å². The van der Waals surface area contributed by atoms with E-state index >= 15 is 0 Å². The zero-order chi connectivity index (χ0) is 16.3. The number of aromatic nitrogens is 2. The molecule has 0 saturated carbocycles. The molecule has 2 aromatic heterocycles. The molecule has 23 heavy (non-hydrogen) atoms. The molecule has 0 spiro atoms. The van der Waals surface area contributed by atoms with E-state index in [0.29, 0.717) is 0 Å². The minimum atomic E-state index is 1.16. The lowest BCUT2D eigenvalue weighted by Crippen LogP contribution is -2.32. The van der Waals surface area contributed by atoms with Gasteiger partial charge in [-0.25, -0.2) is 9.13 Å². The number of rotatable bonds is 10. The van der Waals surface area contributed by atoms with Gasteiger partial charge in [0.1, 0.15) is 13.1 Å². The minimum Gasteiger partial charge on any atom is -0.205 e. The highest BCUT2D eigenvalue weighted by Gasteiger charge is 2.01. The number of nitrogens with zero attached hydrogens (tertiary/aromatic N) is 2. The van der Waals surface area contributed by atoms with Crippen molar-refractivity contribution in [2.75, 3.05) is 0 Å². The molecule has 0 aliphatic carbocycles. The van der Waals surface area contributed by atoms with Gasteiger partial charge >= 0.3 is 0 Å². The van der Waals surface area contributed by atoms with E-state index in [1.54, 1.807) is 0 Å². The Morgan fingerprint density at radius 3 is 1.17 bits per heavy atom.